The summed E-state index contributed by atoms with van der Waals surface area (Å²) in [6, 6.07) is 3.05. The van der Waals surface area contributed by atoms with Crippen LogP contribution in [0, 0.1) is 6.92 Å². The van der Waals surface area contributed by atoms with Gasteiger partial charge in [-0.05, 0) is 19.4 Å². The first-order valence-electron chi connectivity index (χ1n) is 10.9. The summed E-state index contributed by atoms with van der Waals surface area (Å²) in [6.07, 6.45) is 21.7. The molecular weight excluding hydrogens is 360 g/mol. The molecule has 1 aromatic heterocycles. The van der Waals surface area contributed by atoms with Gasteiger partial charge in [0.15, 0.2) is 5.43 Å². The number of carbonyl (C=O) groups is 1. The minimum Gasteiger partial charge on any atom is -0.365 e. The molecule has 2 rings (SSSR count). The van der Waals surface area contributed by atoms with Gasteiger partial charge < -0.3 is 10.3 Å². The van der Waals surface area contributed by atoms with Crippen LogP contribution in [0.1, 0.15) is 77.8 Å². The first-order chi connectivity index (χ1) is 14.1. The Morgan fingerprint density at radius 1 is 1.10 bits per heavy atom. The van der Waals surface area contributed by atoms with Crippen molar-refractivity contribution in [2.75, 3.05) is 6.54 Å². The zero-order valence-electron chi connectivity index (χ0n) is 19.0. The van der Waals surface area contributed by atoms with Crippen molar-refractivity contribution in [1.82, 2.24) is 10.3 Å². The van der Waals surface area contributed by atoms with E-state index in [9.17, 15) is 9.59 Å². The smallest absolute Gasteiger partial charge is 0.207 e. The molecule has 29 heavy (non-hydrogen) atoms. The molecule has 1 aliphatic carbocycles. The first kappa shape index (κ1) is 28.8. The van der Waals surface area contributed by atoms with Crippen LogP contribution >= 0.6 is 0 Å². The van der Waals surface area contributed by atoms with E-state index < -0.39 is 0 Å². The Morgan fingerprint density at radius 3 is 1.93 bits per heavy atom. The maximum atomic E-state index is 10.5. The third kappa shape index (κ3) is 21.8. The van der Waals surface area contributed by atoms with Crippen LogP contribution in [0.25, 0.3) is 0 Å². The van der Waals surface area contributed by atoms with Crippen molar-refractivity contribution >= 4 is 6.41 Å². The van der Waals surface area contributed by atoms with Crippen molar-refractivity contribution in [3.8, 4) is 0 Å². The van der Waals surface area contributed by atoms with Gasteiger partial charge in [0.25, 0.3) is 0 Å². The summed E-state index contributed by atoms with van der Waals surface area (Å²) < 4.78 is 0. The lowest BCUT2D eigenvalue weighted by molar-refractivity contribution is -0.109. The van der Waals surface area contributed by atoms with Crippen LogP contribution in [0.3, 0.4) is 0 Å². The van der Waals surface area contributed by atoms with Gasteiger partial charge in [0.1, 0.15) is 0 Å². The van der Waals surface area contributed by atoms with Gasteiger partial charge in [-0.15, -0.1) is 0 Å². The van der Waals surface area contributed by atoms with E-state index in [1.165, 1.54) is 57.4 Å². The van der Waals surface area contributed by atoms with Gasteiger partial charge in [-0.3, -0.25) is 9.59 Å². The van der Waals surface area contributed by atoms with E-state index >= 15 is 0 Å². The average molecular weight is 403 g/mol. The number of pyridine rings is 1. The van der Waals surface area contributed by atoms with E-state index in [1.54, 1.807) is 18.3 Å². The van der Waals surface area contributed by atoms with Crippen molar-refractivity contribution in [1.29, 1.82) is 0 Å². The molecule has 1 saturated carbocycles. The van der Waals surface area contributed by atoms with E-state index in [0.717, 1.165) is 11.3 Å². The minimum atomic E-state index is 0.0567. The number of rotatable bonds is 5. The largest absolute Gasteiger partial charge is 0.365 e. The number of hydrogen-bond acceptors (Lipinski definition) is 2. The van der Waals surface area contributed by atoms with Gasteiger partial charge in [0.2, 0.25) is 6.41 Å². The van der Waals surface area contributed by atoms with Gasteiger partial charge >= 0.3 is 0 Å². The van der Waals surface area contributed by atoms with Crippen molar-refractivity contribution in [2.45, 2.75) is 79.1 Å². The van der Waals surface area contributed by atoms with Crippen LogP contribution < -0.4 is 10.7 Å². The number of hydrogen-bond donors (Lipinski definition) is 2. The van der Waals surface area contributed by atoms with E-state index in [0.29, 0.717) is 13.0 Å². The molecule has 1 amide bonds. The van der Waals surface area contributed by atoms with E-state index in [4.69, 9.17) is 0 Å². The molecule has 4 nitrogen and oxygen atoms in total. The summed E-state index contributed by atoms with van der Waals surface area (Å²) >= 11 is 0. The number of aromatic amines is 1. The monoisotopic (exact) mass is 402 g/mol. The van der Waals surface area contributed by atoms with Crippen molar-refractivity contribution in [3.05, 3.63) is 70.7 Å². The molecule has 1 aromatic rings. The third-order valence-corrected chi connectivity index (χ3v) is 4.12. The number of aromatic nitrogens is 1. The molecule has 0 unspecified atom stereocenters. The van der Waals surface area contributed by atoms with Crippen LogP contribution in [0.2, 0.25) is 0 Å². The molecule has 0 spiro atoms. The highest BCUT2D eigenvalue weighted by Crippen LogP contribution is 2.15. The molecule has 2 N–H and O–H groups in total. The van der Waals surface area contributed by atoms with E-state index in [1.807, 2.05) is 45.9 Å². The number of carbonyl (C=O) groups excluding carboxylic acids is 1. The molecule has 0 saturated heterocycles. The summed E-state index contributed by atoms with van der Waals surface area (Å²) in [7, 11) is 0. The van der Waals surface area contributed by atoms with Gasteiger partial charge in [-0.25, -0.2) is 0 Å². The topological polar surface area (TPSA) is 62.0 Å². The van der Waals surface area contributed by atoms with Crippen LogP contribution in [0.5, 0.6) is 0 Å². The molecule has 0 bridgehead atoms. The quantitative estimate of drug-likeness (QED) is 0.451. The fourth-order valence-corrected chi connectivity index (χ4v) is 2.58. The van der Waals surface area contributed by atoms with Crippen molar-refractivity contribution in [3.63, 3.8) is 0 Å². The Morgan fingerprint density at radius 2 is 1.62 bits per heavy atom. The Kier molecular flexibility index (Phi) is 23.6. The molecule has 0 radical (unpaired) electrons. The first-order valence-corrected chi connectivity index (χ1v) is 10.9. The van der Waals surface area contributed by atoms with Gasteiger partial charge in [0.05, 0.1) is 0 Å². The fourth-order valence-electron chi connectivity index (χ4n) is 2.58. The maximum absolute atomic E-state index is 10.5. The maximum Gasteiger partial charge on any atom is 0.207 e. The predicted molar refractivity (Wildman–Crippen MR) is 127 cm³/mol. The summed E-state index contributed by atoms with van der Waals surface area (Å²) in [4.78, 5) is 23.3. The summed E-state index contributed by atoms with van der Waals surface area (Å²) in [5.74, 6) is 0. The second-order valence-electron chi connectivity index (χ2n) is 6.49. The molecule has 1 fully saturated rings. The molecule has 0 aliphatic heterocycles. The van der Waals surface area contributed by atoms with E-state index in [-0.39, 0.29) is 5.43 Å². The van der Waals surface area contributed by atoms with Crippen molar-refractivity contribution in [2.24, 2.45) is 0 Å². The fraction of sp³-hybridized carbons (Fsp3) is 0.520. The van der Waals surface area contributed by atoms with Gasteiger partial charge in [-0.1, -0.05) is 96.1 Å². The highest BCUT2D eigenvalue weighted by atomic mass is 16.1. The lowest BCUT2D eigenvalue weighted by Crippen LogP contribution is -2.13. The number of H-pyrrole nitrogens is 1. The average Bonchev–Trinajstić information content (AvgIpc) is 2.70. The summed E-state index contributed by atoms with van der Waals surface area (Å²) in [6.45, 7) is 11.9. The van der Waals surface area contributed by atoms with Crippen LogP contribution in [0.15, 0.2) is 59.6 Å². The Balaban J connectivity index is 0. The number of amides is 1. The SMILES string of the molecule is C1CCCCCCC1.C=C/C=C\C(=C/C)CNC=O.CC.Cc1cc(=O)cc[nH]1. The molecule has 4 heteroatoms. The third-order valence-electron chi connectivity index (χ3n) is 4.12. The normalized spacial score (nSPS) is 13.7. The highest BCUT2D eigenvalue weighted by molar-refractivity contribution is 5.47. The Labute approximate surface area is 178 Å². The molecule has 1 heterocycles. The highest BCUT2D eigenvalue weighted by Gasteiger charge is 1.95. The van der Waals surface area contributed by atoms with Crippen molar-refractivity contribution < 1.29 is 4.79 Å². The summed E-state index contributed by atoms with van der Waals surface area (Å²) in [5, 5.41) is 2.57. The summed E-state index contributed by atoms with van der Waals surface area (Å²) in [5.41, 5.74) is 2.02. The molecule has 164 valence electrons. The Hall–Kier alpha value is -2.36. The number of aryl methyl sites for hydroxylation is 1. The minimum absolute atomic E-state index is 0.0567. The molecule has 0 atom stereocenters. The van der Waals surface area contributed by atoms with Crippen LogP contribution in [0.4, 0.5) is 0 Å². The predicted octanol–water partition coefficient (Wildman–Crippen LogP) is 6.25. The van der Waals surface area contributed by atoms with E-state index in [2.05, 4.69) is 16.9 Å². The Bertz CT molecular complexity index is 591. The second kappa shape index (κ2) is 23.7. The zero-order valence-corrected chi connectivity index (χ0v) is 19.0. The standard InChI is InChI=1S/C9H13NO.C8H16.C6H7NO.C2H6/c1-3-5-6-9(4-2)7-10-8-11;1-2-4-6-8-7-5-3-1;1-5-4-6(8)2-3-7-5;1-2/h3-6,8H,1,7H2,2H3,(H,10,11);1-8H2;2-4H,1H3,(H,7,8);1-2H3/b6-5-,9-4+;;;. The zero-order chi connectivity index (χ0) is 22.2. The molecular formula is C25H42N2O2. The van der Waals surface area contributed by atoms with Gasteiger partial charge in [-0.2, -0.15) is 0 Å². The number of nitrogens with one attached hydrogen (secondary N) is 2. The molecule has 1 aliphatic rings. The van der Waals surface area contributed by atoms with Crippen LogP contribution in [-0.4, -0.2) is 17.9 Å². The molecule has 0 aromatic carbocycles. The van der Waals surface area contributed by atoms with Gasteiger partial charge in [0, 0.05) is 30.6 Å². The second-order valence-corrected chi connectivity index (χ2v) is 6.49. The number of allylic oxidation sites excluding steroid dienone is 3. The lowest BCUT2D eigenvalue weighted by Gasteiger charge is -2.05. The van der Waals surface area contributed by atoms with Crippen LogP contribution in [-0.2, 0) is 4.79 Å². The lowest BCUT2D eigenvalue weighted by atomic mass is 10.0.